The number of carboxylic acid groups (broad SMARTS) is 7. The van der Waals surface area contributed by atoms with Crippen LogP contribution >= 0.6 is 11.8 Å². The van der Waals surface area contributed by atoms with Gasteiger partial charge in [0.2, 0.25) is 0 Å². The summed E-state index contributed by atoms with van der Waals surface area (Å²) in [6.07, 6.45) is 12.8. The van der Waals surface area contributed by atoms with Crippen LogP contribution < -0.4 is 44.9 Å². The van der Waals surface area contributed by atoms with Crippen LogP contribution in [0.4, 0.5) is 0 Å². The largest absolute Gasteiger partial charge is 0.488 e. The van der Waals surface area contributed by atoms with E-state index in [9.17, 15) is 33.6 Å². The van der Waals surface area contributed by atoms with Crippen LogP contribution in [0.3, 0.4) is 0 Å². The molecular formula is C98H133N7O29S. The summed E-state index contributed by atoms with van der Waals surface area (Å²) in [4.78, 5) is 75.8. The maximum Gasteiger partial charge on any atom is 0.320 e. The zero-order valence-electron chi connectivity index (χ0n) is 76.1. The highest BCUT2D eigenvalue weighted by atomic mass is 32.2. The Morgan fingerprint density at radius 1 is 0.252 bits per heavy atom. The normalized spacial score (nSPS) is 17.4. The summed E-state index contributed by atoms with van der Waals surface area (Å²) in [5, 5.41) is 61.3. The van der Waals surface area contributed by atoms with Crippen LogP contribution in [0.25, 0.3) is 0 Å². The Hall–Kier alpha value is -9.86. The van der Waals surface area contributed by atoms with Crippen LogP contribution in [0.5, 0.6) is 5.75 Å². The van der Waals surface area contributed by atoms with Gasteiger partial charge < -0.3 is 147 Å². The minimum Gasteiger partial charge on any atom is -0.488 e. The molecule has 7 aliphatic heterocycles. The summed E-state index contributed by atoms with van der Waals surface area (Å²) in [7, 11) is 0. The lowest BCUT2D eigenvalue weighted by Crippen LogP contribution is -2.32. The molecule has 7 heterocycles. The van der Waals surface area contributed by atoms with Crippen molar-refractivity contribution in [1.29, 1.82) is 0 Å². The van der Waals surface area contributed by atoms with Gasteiger partial charge in [0, 0.05) is 29.9 Å². The summed E-state index contributed by atoms with van der Waals surface area (Å²) in [5.41, 5.74) is 50.9. The van der Waals surface area contributed by atoms with Gasteiger partial charge in [-0.2, -0.15) is 0 Å². The number of hydrogen-bond acceptors (Lipinski definition) is 30. The molecule has 0 amide bonds. The SMILES string of the molecule is NC(Cc1ccc(CC2OCCO2)cc1)C(=O)O.NC(Cc1ccc(CCC2OCCO2)cc1)C(=O)O.NC(Cc1ccc(CCC2OCCO2)cc1)C(=O)O.NC(Cc1ccc(CCCC2OCCO2)cc1)C(=O)O.NC(Cc1ccc(CCCCC2OCCO2)cc1)C(=O)O.NC(Cc1ccc(OCC2OCCO2)cc1)C(=O)O.NC(Cc1ccc(SCC2OCCO2)cc1)C(=O)O. The first-order valence-corrected chi connectivity index (χ1v) is 46.4. The van der Waals surface area contributed by atoms with Crippen molar-refractivity contribution in [2.45, 2.75) is 213 Å². The lowest BCUT2D eigenvalue weighted by Gasteiger charge is -2.12. The Bertz CT molecular complexity index is 4210. The maximum atomic E-state index is 10.7. The minimum atomic E-state index is -1.00. The number of hydrogen-bond donors (Lipinski definition) is 14. The van der Waals surface area contributed by atoms with Gasteiger partial charge in [0.05, 0.1) is 92.5 Å². The van der Waals surface area contributed by atoms with E-state index in [1.165, 1.54) is 22.3 Å². The van der Waals surface area contributed by atoms with Crippen molar-refractivity contribution in [3.63, 3.8) is 0 Å². The predicted molar refractivity (Wildman–Crippen MR) is 497 cm³/mol. The number of unbranched alkanes of at least 4 members (excludes halogenated alkanes) is 1. The summed E-state index contributed by atoms with van der Waals surface area (Å²) in [6, 6.07) is 48.3. The van der Waals surface area contributed by atoms with E-state index in [0.29, 0.717) is 156 Å². The van der Waals surface area contributed by atoms with Crippen molar-refractivity contribution in [3.05, 3.63) is 237 Å². The molecule has 0 aliphatic carbocycles. The monoisotopic (exact) mass is 1900 g/mol. The van der Waals surface area contributed by atoms with Gasteiger partial charge in [-0.25, -0.2) is 0 Å². The lowest BCUT2D eigenvalue weighted by molar-refractivity contribution is -0.139. The van der Waals surface area contributed by atoms with Crippen LogP contribution in [0.15, 0.2) is 175 Å². The lowest BCUT2D eigenvalue weighted by atomic mass is 10.0. The number of aliphatic carboxylic acids is 7. The fourth-order valence-electron chi connectivity index (χ4n) is 14.0. The molecule has 0 bridgehead atoms. The number of ether oxygens (including phenoxy) is 15. The van der Waals surface area contributed by atoms with Gasteiger partial charge in [-0.05, 0) is 194 Å². The fraction of sp³-hybridized carbons (Fsp3) is 0.500. The summed E-state index contributed by atoms with van der Waals surface area (Å²) in [5.74, 6) is -5.39. The Balaban J connectivity index is 0.000000194. The van der Waals surface area contributed by atoms with Gasteiger partial charge in [-0.3, -0.25) is 33.6 Å². The highest BCUT2D eigenvalue weighted by Crippen LogP contribution is 2.25. The molecule has 0 spiro atoms. The highest BCUT2D eigenvalue weighted by molar-refractivity contribution is 7.99. The second kappa shape index (κ2) is 62.1. The third-order valence-corrected chi connectivity index (χ3v) is 22.8. The molecule has 0 saturated carbocycles. The van der Waals surface area contributed by atoms with Crippen LogP contribution in [-0.4, -0.2) is 269 Å². The molecule has 37 heteroatoms. The molecule has 7 aromatic carbocycles. The highest BCUT2D eigenvalue weighted by Gasteiger charge is 2.25. The quantitative estimate of drug-likeness (QED) is 0.0135. The van der Waals surface area contributed by atoms with Crippen molar-refractivity contribution >= 4 is 53.5 Å². The molecule has 7 unspecified atom stereocenters. The van der Waals surface area contributed by atoms with Crippen molar-refractivity contribution in [3.8, 4) is 5.75 Å². The summed E-state index contributed by atoms with van der Waals surface area (Å²) >= 11 is 1.65. The Morgan fingerprint density at radius 2 is 0.467 bits per heavy atom. The van der Waals surface area contributed by atoms with E-state index in [-0.39, 0.29) is 44.0 Å². The second-order valence-corrected chi connectivity index (χ2v) is 33.7. The van der Waals surface area contributed by atoms with Crippen LogP contribution in [0.2, 0.25) is 0 Å². The summed E-state index contributed by atoms with van der Waals surface area (Å²) in [6.45, 7) is 9.69. The van der Waals surface area contributed by atoms with Gasteiger partial charge in [0.15, 0.2) is 44.0 Å². The Labute approximate surface area is 790 Å². The molecule has 740 valence electrons. The third-order valence-electron chi connectivity index (χ3n) is 21.8. The van der Waals surface area contributed by atoms with Crippen molar-refractivity contribution in [2.24, 2.45) is 40.1 Å². The first kappa shape index (κ1) is 110. The van der Waals surface area contributed by atoms with Crippen molar-refractivity contribution in [2.75, 3.05) is 105 Å². The fourth-order valence-corrected chi connectivity index (χ4v) is 14.9. The summed E-state index contributed by atoms with van der Waals surface area (Å²) < 4.78 is 80.5. The minimum absolute atomic E-state index is 0.00937. The number of aryl methyl sites for hydroxylation is 4. The predicted octanol–water partition coefficient (Wildman–Crippen LogP) is 7.01. The van der Waals surface area contributed by atoms with E-state index in [0.717, 1.165) is 126 Å². The number of nitrogens with two attached hydrogens (primary N) is 7. The topological polar surface area (TPSA) is 582 Å². The molecule has 7 atom stereocenters. The van der Waals surface area contributed by atoms with Gasteiger partial charge in [0.1, 0.15) is 54.6 Å². The van der Waals surface area contributed by atoms with Crippen LogP contribution in [0.1, 0.15) is 112 Å². The molecule has 7 aliphatic rings. The standard InChI is InChI=1S/C16H23NO4.C15H21NO4.2C14H19NO4.C13H17NO5.C13H17NO4S.C13H17NO4/c17-14(16(18)19)11-13-7-5-12(6-8-13)3-1-2-4-15-20-9-10-21-15;16-13(15(17)18)10-12-6-4-11(5-7-12)2-1-3-14-19-8-9-20-14;2*15-12(14(16)17)9-11-3-1-10(2-4-11)5-6-13-18-7-8-19-13;2*14-11(13(15)16)7-9-1-3-10(4-2-9)19-8-12-17-5-6-18-12;14-11(13(15)16)7-9-1-3-10(4-2-9)8-12-17-5-6-18-12/h5-8,14-15H,1-4,9-11,17H2,(H,18,19);4-7,13-14H,1-3,8-10,16H2,(H,17,18);2*1-4,12-13H,5-9,15H2,(H,16,17);2*1-4,11-12H,5-8,14H2,(H,15,16);1-4,11-12H,5-8,14H2,(H,15,16). The number of thioether (sulfide) groups is 1. The molecule has 135 heavy (non-hydrogen) atoms. The first-order chi connectivity index (χ1) is 65.0. The molecule has 0 radical (unpaired) electrons. The van der Waals surface area contributed by atoms with E-state index >= 15 is 0 Å². The van der Waals surface area contributed by atoms with Crippen molar-refractivity contribution < 1.29 is 140 Å². The zero-order chi connectivity index (χ0) is 97.1. The third kappa shape index (κ3) is 45.3. The second-order valence-electron chi connectivity index (χ2n) is 32.7. The van der Waals surface area contributed by atoms with Gasteiger partial charge in [-0.15, -0.1) is 11.8 Å². The van der Waals surface area contributed by atoms with E-state index in [1.54, 1.807) is 36.0 Å². The molecular weight excluding hydrogens is 1770 g/mol. The molecule has 7 saturated heterocycles. The Kier molecular flexibility index (Phi) is 50.8. The van der Waals surface area contributed by atoms with E-state index < -0.39 is 84.1 Å². The first-order valence-electron chi connectivity index (χ1n) is 45.4. The van der Waals surface area contributed by atoms with Crippen LogP contribution in [-0.2, 0) is 177 Å². The molecule has 21 N–H and O–H groups in total. The number of carboxylic acids is 7. The van der Waals surface area contributed by atoms with Gasteiger partial charge >= 0.3 is 41.8 Å². The van der Waals surface area contributed by atoms with E-state index in [1.807, 2.05) is 146 Å². The molecule has 7 aromatic rings. The van der Waals surface area contributed by atoms with Gasteiger partial charge in [0.25, 0.3) is 0 Å². The average Bonchev–Trinajstić information content (AvgIpc) is 1.81. The molecule has 36 nitrogen and oxygen atoms in total. The molecule has 0 aromatic heterocycles. The van der Waals surface area contributed by atoms with E-state index in [2.05, 4.69) is 0 Å². The number of rotatable bonds is 44. The Morgan fingerprint density at radius 3 is 0.756 bits per heavy atom. The molecule has 14 rings (SSSR count). The van der Waals surface area contributed by atoms with Crippen LogP contribution in [0, 0.1) is 0 Å². The van der Waals surface area contributed by atoms with Crippen molar-refractivity contribution in [1.82, 2.24) is 0 Å². The smallest absolute Gasteiger partial charge is 0.320 e. The maximum absolute atomic E-state index is 10.7. The number of benzene rings is 7. The molecule has 7 fully saturated rings. The number of carbonyl (C=O) groups is 7. The average molecular weight is 1910 g/mol. The van der Waals surface area contributed by atoms with E-state index in [4.69, 9.17) is 147 Å². The van der Waals surface area contributed by atoms with Gasteiger partial charge in [-0.1, -0.05) is 146 Å². The zero-order valence-corrected chi connectivity index (χ0v) is 76.9.